The molecule has 0 radical (unpaired) electrons. The standard InChI is InChI=1S/C28H29F2N3O3/c1-36-24-6-4-5-19(15-24)27(34)32-23-11-9-18(10-12-23)17-33(26-8-3-2-7-25(26)31)28(35)20-13-21(29)16-22(30)14-20/h4-6,9-16,25-26H,2-3,7-8,17,31H2,1H3,(H,32,34). The fourth-order valence-corrected chi connectivity index (χ4v) is 4.57. The van der Waals surface area contributed by atoms with Crippen molar-refractivity contribution in [3.63, 3.8) is 0 Å². The molecule has 1 aliphatic carbocycles. The van der Waals surface area contributed by atoms with Crippen molar-refractivity contribution >= 4 is 17.5 Å². The van der Waals surface area contributed by atoms with Gasteiger partial charge in [0.2, 0.25) is 0 Å². The van der Waals surface area contributed by atoms with Gasteiger partial charge in [-0.15, -0.1) is 0 Å². The van der Waals surface area contributed by atoms with Crippen LogP contribution >= 0.6 is 0 Å². The molecule has 2 unspecified atom stereocenters. The molecule has 2 amide bonds. The Morgan fingerprint density at radius 3 is 2.33 bits per heavy atom. The normalized spacial score (nSPS) is 17.3. The largest absolute Gasteiger partial charge is 0.497 e. The highest BCUT2D eigenvalue weighted by Crippen LogP contribution is 2.26. The van der Waals surface area contributed by atoms with Crippen molar-refractivity contribution < 1.29 is 23.1 Å². The molecule has 4 rings (SSSR count). The lowest BCUT2D eigenvalue weighted by Gasteiger charge is -2.38. The summed E-state index contributed by atoms with van der Waals surface area (Å²) in [5.41, 5.74) is 8.17. The lowest BCUT2D eigenvalue weighted by molar-refractivity contribution is 0.0582. The number of methoxy groups -OCH3 is 1. The van der Waals surface area contributed by atoms with Crippen LogP contribution in [0.25, 0.3) is 0 Å². The molecule has 0 saturated heterocycles. The Morgan fingerprint density at radius 1 is 0.972 bits per heavy atom. The number of nitrogens with one attached hydrogen (secondary N) is 1. The first-order chi connectivity index (χ1) is 17.3. The summed E-state index contributed by atoms with van der Waals surface area (Å²) in [6, 6.07) is 16.3. The quantitative estimate of drug-likeness (QED) is 0.478. The molecule has 0 aromatic heterocycles. The number of anilines is 1. The molecular weight excluding hydrogens is 464 g/mol. The molecule has 0 aliphatic heterocycles. The van der Waals surface area contributed by atoms with Gasteiger partial charge < -0.3 is 20.7 Å². The van der Waals surface area contributed by atoms with E-state index >= 15 is 0 Å². The van der Waals surface area contributed by atoms with Gasteiger partial charge in [-0.25, -0.2) is 8.78 Å². The van der Waals surface area contributed by atoms with E-state index in [1.807, 2.05) is 12.1 Å². The van der Waals surface area contributed by atoms with Crippen molar-refractivity contribution in [3.8, 4) is 5.75 Å². The van der Waals surface area contributed by atoms with Gasteiger partial charge >= 0.3 is 0 Å². The van der Waals surface area contributed by atoms with E-state index in [-0.39, 0.29) is 30.1 Å². The van der Waals surface area contributed by atoms with Gasteiger partial charge in [0.05, 0.1) is 7.11 Å². The van der Waals surface area contributed by atoms with Gasteiger partial charge in [0.15, 0.2) is 0 Å². The molecule has 3 aromatic rings. The molecule has 3 aromatic carbocycles. The Morgan fingerprint density at radius 2 is 1.67 bits per heavy atom. The fraction of sp³-hybridized carbons (Fsp3) is 0.286. The fourth-order valence-electron chi connectivity index (χ4n) is 4.57. The van der Waals surface area contributed by atoms with Gasteiger partial charge in [-0.05, 0) is 60.9 Å². The Bertz CT molecular complexity index is 1210. The van der Waals surface area contributed by atoms with Crippen LogP contribution in [-0.4, -0.2) is 35.9 Å². The van der Waals surface area contributed by atoms with E-state index in [1.165, 1.54) is 7.11 Å². The molecular formula is C28H29F2N3O3. The number of benzene rings is 3. The summed E-state index contributed by atoms with van der Waals surface area (Å²) < 4.78 is 32.8. The van der Waals surface area contributed by atoms with Crippen LogP contribution < -0.4 is 15.8 Å². The van der Waals surface area contributed by atoms with E-state index in [1.54, 1.807) is 41.3 Å². The topological polar surface area (TPSA) is 84.7 Å². The molecule has 0 bridgehead atoms. The third-order valence-electron chi connectivity index (χ3n) is 6.45. The van der Waals surface area contributed by atoms with Crippen LogP contribution in [0, 0.1) is 11.6 Å². The molecule has 6 nitrogen and oxygen atoms in total. The van der Waals surface area contributed by atoms with E-state index in [4.69, 9.17) is 10.5 Å². The SMILES string of the molecule is COc1cccc(C(=O)Nc2ccc(CN(C(=O)c3cc(F)cc(F)c3)C3CCCCC3N)cc2)c1. The minimum absolute atomic E-state index is 0.0487. The summed E-state index contributed by atoms with van der Waals surface area (Å²) >= 11 is 0. The lowest BCUT2D eigenvalue weighted by atomic mass is 9.89. The van der Waals surface area contributed by atoms with Crippen molar-refractivity contribution in [2.45, 2.75) is 44.3 Å². The second-order valence-corrected chi connectivity index (χ2v) is 8.99. The summed E-state index contributed by atoms with van der Waals surface area (Å²) in [6.45, 7) is 0.222. The van der Waals surface area contributed by atoms with Crippen LogP contribution in [-0.2, 0) is 6.54 Å². The van der Waals surface area contributed by atoms with E-state index in [9.17, 15) is 18.4 Å². The van der Waals surface area contributed by atoms with Gasteiger partial charge in [0.1, 0.15) is 17.4 Å². The smallest absolute Gasteiger partial charge is 0.255 e. The monoisotopic (exact) mass is 493 g/mol. The molecule has 1 saturated carbocycles. The average Bonchev–Trinajstić information content (AvgIpc) is 2.88. The predicted molar refractivity (Wildman–Crippen MR) is 134 cm³/mol. The number of nitrogens with zero attached hydrogens (tertiary/aromatic N) is 1. The van der Waals surface area contributed by atoms with Crippen molar-refractivity contribution in [1.82, 2.24) is 4.90 Å². The molecule has 0 heterocycles. The van der Waals surface area contributed by atoms with Crippen molar-refractivity contribution in [3.05, 3.63) is 95.1 Å². The summed E-state index contributed by atoms with van der Waals surface area (Å²) in [5.74, 6) is -1.77. The van der Waals surface area contributed by atoms with Crippen LogP contribution in [0.1, 0.15) is 52.0 Å². The van der Waals surface area contributed by atoms with Crippen LogP contribution in [0.3, 0.4) is 0 Å². The van der Waals surface area contributed by atoms with Gasteiger partial charge in [0.25, 0.3) is 11.8 Å². The van der Waals surface area contributed by atoms with Crippen LogP contribution in [0.2, 0.25) is 0 Å². The van der Waals surface area contributed by atoms with Crippen LogP contribution in [0.5, 0.6) is 5.75 Å². The number of hydrogen-bond donors (Lipinski definition) is 2. The second kappa shape index (κ2) is 11.3. The zero-order chi connectivity index (χ0) is 25.7. The summed E-state index contributed by atoms with van der Waals surface area (Å²) in [4.78, 5) is 27.6. The van der Waals surface area contributed by atoms with Gasteiger partial charge in [-0.1, -0.05) is 31.0 Å². The first kappa shape index (κ1) is 25.3. The maximum Gasteiger partial charge on any atom is 0.255 e. The average molecular weight is 494 g/mol. The number of carbonyl (C=O) groups excluding carboxylic acids is 2. The molecule has 2 atom stereocenters. The highest BCUT2D eigenvalue weighted by molar-refractivity contribution is 6.04. The first-order valence-corrected chi connectivity index (χ1v) is 11.9. The molecule has 1 aliphatic rings. The number of amides is 2. The number of ether oxygens (including phenoxy) is 1. The zero-order valence-corrected chi connectivity index (χ0v) is 20.0. The Balaban J connectivity index is 1.52. The number of halogens is 2. The predicted octanol–water partition coefficient (Wildman–Crippen LogP) is 5.14. The van der Waals surface area contributed by atoms with Crippen molar-refractivity contribution in [2.75, 3.05) is 12.4 Å². The van der Waals surface area contributed by atoms with Gasteiger partial charge in [-0.2, -0.15) is 0 Å². The highest BCUT2D eigenvalue weighted by Gasteiger charge is 2.32. The zero-order valence-electron chi connectivity index (χ0n) is 20.0. The minimum atomic E-state index is -0.803. The van der Waals surface area contributed by atoms with Gasteiger partial charge in [0, 0.05) is 41.5 Å². The Kier molecular flexibility index (Phi) is 7.95. The lowest BCUT2D eigenvalue weighted by Crippen LogP contribution is -2.51. The molecule has 1 fully saturated rings. The number of carbonyl (C=O) groups is 2. The van der Waals surface area contributed by atoms with E-state index in [0.29, 0.717) is 17.0 Å². The first-order valence-electron chi connectivity index (χ1n) is 11.9. The Hall–Kier alpha value is -3.78. The molecule has 8 heteroatoms. The number of hydrogen-bond acceptors (Lipinski definition) is 4. The van der Waals surface area contributed by atoms with E-state index < -0.39 is 17.5 Å². The second-order valence-electron chi connectivity index (χ2n) is 8.99. The third-order valence-corrected chi connectivity index (χ3v) is 6.45. The molecule has 3 N–H and O–H groups in total. The number of rotatable bonds is 7. The van der Waals surface area contributed by atoms with Crippen LogP contribution in [0.4, 0.5) is 14.5 Å². The van der Waals surface area contributed by atoms with E-state index in [2.05, 4.69) is 5.32 Å². The number of nitrogens with two attached hydrogens (primary N) is 1. The van der Waals surface area contributed by atoms with E-state index in [0.717, 1.165) is 49.4 Å². The summed E-state index contributed by atoms with van der Waals surface area (Å²) in [6.07, 6.45) is 3.41. The highest BCUT2D eigenvalue weighted by atomic mass is 19.1. The third kappa shape index (κ3) is 6.07. The molecule has 188 valence electrons. The van der Waals surface area contributed by atoms with Crippen LogP contribution in [0.15, 0.2) is 66.7 Å². The summed E-state index contributed by atoms with van der Waals surface area (Å²) in [5, 5.41) is 2.84. The molecule has 0 spiro atoms. The van der Waals surface area contributed by atoms with Crippen molar-refractivity contribution in [2.24, 2.45) is 5.73 Å². The maximum absolute atomic E-state index is 13.8. The van der Waals surface area contributed by atoms with Gasteiger partial charge in [-0.3, -0.25) is 9.59 Å². The minimum Gasteiger partial charge on any atom is -0.497 e. The summed E-state index contributed by atoms with van der Waals surface area (Å²) in [7, 11) is 1.54. The van der Waals surface area contributed by atoms with Crippen molar-refractivity contribution in [1.29, 1.82) is 0 Å². The molecule has 36 heavy (non-hydrogen) atoms. The maximum atomic E-state index is 13.8. The Labute approximate surface area is 209 Å².